The zero-order valence-electron chi connectivity index (χ0n) is 18.2. The van der Waals surface area contributed by atoms with E-state index in [4.69, 9.17) is 4.74 Å². The van der Waals surface area contributed by atoms with Gasteiger partial charge in [-0.25, -0.2) is 8.42 Å². The van der Waals surface area contributed by atoms with Gasteiger partial charge in [-0.05, 0) is 69.3 Å². The highest BCUT2D eigenvalue weighted by atomic mass is 32.2. The highest BCUT2D eigenvalue weighted by Gasteiger charge is 2.18. The molecule has 2 aromatic carbocycles. The Balaban J connectivity index is 2.13. The molecular weight excluding hydrogens is 402 g/mol. The molecule has 0 aromatic heterocycles. The molecule has 0 saturated heterocycles. The number of carbonyl (C=O) groups excluding carboxylic acids is 1. The largest absolute Gasteiger partial charge is 0.497 e. The molecule has 7 nitrogen and oxygen atoms in total. The van der Waals surface area contributed by atoms with E-state index in [2.05, 4.69) is 35.7 Å². The maximum absolute atomic E-state index is 12.8. The van der Waals surface area contributed by atoms with Crippen LogP contribution >= 0.6 is 0 Å². The molecule has 164 valence electrons. The van der Waals surface area contributed by atoms with E-state index in [1.165, 1.54) is 12.1 Å². The van der Waals surface area contributed by atoms with Crippen molar-refractivity contribution in [3.63, 3.8) is 0 Å². The summed E-state index contributed by atoms with van der Waals surface area (Å²) in [7, 11) is -2.29. The molecular formula is C22H31N3O4S. The van der Waals surface area contributed by atoms with Crippen molar-refractivity contribution in [3.8, 4) is 5.75 Å². The van der Waals surface area contributed by atoms with Gasteiger partial charge in [0.1, 0.15) is 5.75 Å². The summed E-state index contributed by atoms with van der Waals surface area (Å²) >= 11 is 0. The average Bonchev–Trinajstić information content (AvgIpc) is 2.71. The molecule has 0 aliphatic carbocycles. The highest BCUT2D eigenvalue weighted by molar-refractivity contribution is 7.92. The second-order valence-corrected chi connectivity index (χ2v) is 8.97. The number of hydrogen-bond acceptors (Lipinski definition) is 5. The van der Waals surface area contributed by atoms with E-state index in [9.17, 15) is 13.2 Å². The van der Waals surface area contributed by atoms with E-state index in [0.717, 1.165) is 13.1 Å². The van der Waals surface area contributed by atoms with Gasteiger partial charge in [0.15, 0.2) is 0 Å². The van der Waals surface area contributed by atoms with Crippen molar-refractivity contribution in [3.05, 3.63) is 53.6 Å². The fourth-order valence-corrected chi connectivity index (χ4v) is 4.16. The molecule has 0 atom stereocenters. The van der Waals surface area contributed by atoms with E-state index in [1.807, 2.05) is 0 Å². The highest BCUT2D eigenvalue weighted by Crippen LogP contribution is 2.21. The van der Waals surface area contributed by atoms with Crippen LogP contribution in [-0.2, 0) is 10.0 Å². The van der Waals surface area contributed by atoms with Gasteiger partial charge >= 0.3 is 0 Å². The summed E-state index contributed by atoms with van der Waals surface area (Å²) < 4.78 is 33.2. The first kappa shape index (κ1) is 23.7. The van der Waals surface area contributed by atoms with Crippen molar-refractivity contribution < 1.29 is 17.9 Å². The Morgan fingerprint density at radius 3 is 2.37 bits per heavy atom. The number of nitrogens with one attached hydrogen (secondary N) is 2. The number of carbonyl (C=O) groups is 1. The standard InChI is InChI=1S/C22H31N3O4S/c1-6-25(16(2)3)14-13-23-22(26)21-15-20(12-7-17(21)4)30(27,28)24-18-8-10-19(29-5)11-9-18/h7-12,15-16,24H,6,13-14H2,1-5H3,(H,23,26). The maximum atomic E-state index is 12.8. The number of nitrogens with zero attached hydrogens (tertiary/aromatic N) is 1. The number of ether oxygens (including phenoxy) is 1. The number of rotatable bonds is 10. The van der Waals surface area contributed by atoms with Crippen LogP contribution in [0.1, 0.15) is 36.7 Å². The molecule has 2 rings (SSSR count). The van der Waals surface area contributed by atoms with Crippen LogP contribution in [0, 0.1) is 6.92 Å². The number of methoxy groups -OCH3 is 1. The predicted octanol–water partition coefficient (Wildman–Crippen LogP) is 3.26. The van der Waals surface area contributed by atoms with Crippen molar-refractivity contribution >= 4 is 21.6 Å². The third-order valence-electron chi connectivity index (χ3n) is 4.93. The summed E-state index contributed by atoms with van der Waals surface area (Å²) in [6.07, 6.45) is 0. The van der Waals surface area contributed by atoms with E-state index < -0.39 is 10.0 Å². The van der Waals surface area contributed by atoms with Gasteiger partial charge in [0.25, 0.3) is 15.9 Å². The van der Waals surface area contributed by atoms with Gasteiger partial charge in [-0.1, -0.05) is 13.0 Å². The van der Waals surface area contributed by atoms with E-state index in [1.54, 1.807) is 44.4 Å². The van der Waals surface area contributed by atoms with E-state index in [0.29, 0.717) is 35.2 Å². The molecule has 0 radical (unpaired) electrons. The number of anilines is 1. The second-order valence-electron chi connectivity index (χ2n) is 7.29. The first-order chi connectivity index (χ1) is 14.2. The molecule has 2 N–H and O–H groups in total. The van der Waals surface area contributed by atoms with E-state index >= 15 is 0 Å². The third kappa shape index (κ3) is 6.21. The van der Waals surface area contributed by atoms with Crippen LogP contribution in [-0.4, -0.2) is 52.0 Å². The second kappa shape index (κ2) is 10.4. The Bertz CT molecular complexity index is 957. The van der Waals surface area contributed by atoms with Gasteiger partial charge in [0.05, 0.1) is 12.0 Å². The molecule has 2 aromatic rings. The Hall–Kier alpha value is -2.58. The van der Waals surface area contributed by atoms with Crippen LogP contribution in [0.5, 0.6) is 5.75 Å². The molecule has 0 saturated carbocycles. The smallest absolute Gasteiger partial charge is 0.261 e. The van der Waals surface area contributed by atoms with Crippen LogP contribution in [0.25, 0.3) is 0 Å². The minimum absolute atomic E-state index is 0.0337. The zero-order chi connectivity index (χ0) is 22.3. The molecule has 30 heavy (non-hydrogen) atoms. The van der Waals surface area contributed by atoms with Crippen LogP contribution in [0.3, 0.4) is 0 Å². The molecule has 0 bridgehead atoms. The first-order valence-corrected chi connectivity index (χ1v) is 11.5. The molecule has 0 aliphatic heterocycles. The Morgan fingerprint density at radius 2 is 1.80 bits per heavy atom. The number of benzene rings is 2. The normalized spacial score (nSPS) is 11.6. The summed E-state index contributed by atoms with van der Waals surface area (Å²) in [4.78, 5) is 14.9. The molecule has 0 spiro atoms. The summed E-state index contributed by atoms with van der Waals surface area (Å²) in [5, 5.41) is 2.89. The third-order valence-corrected chi connectivity index (χ3v) is 6.31. The fourth-order valence-electron chi connectivity index (χ4n) is 3.08. The average molecular weight is 434 g/mol. The molecule has 8 heteroatoms. The SMILES string of the molecule is CCN(CCNC(=O)c1cc(S(=O)(=O)Nc2ccc(OC)cc2)ccc1C)C(C)C. The monoisotopic (exact) mass is 433 g/mol. The van der Waals surface area contributed by atoms with Crippen molar-refractivity contribution in [1.29, 1.82) is 0 Å². The lowest BCUT2D eigenvalue weighted by atomic mass is 10.1. The lowest BCUT2D eigenvalue weighted by molar-refractivity contribution is 0.0945. The van der Waals surface area contributed by atoms with Gasteiger partial charge < -0.3 is 10.1 Å². The first-order valence-electron chi connectivity index (χ1n) is 9.97. The van der Waals surface area contributed by atoms with Crippen molar-refractivity contribution in [2.75, 3.05) is 31.5 Å². The van der Waals surface area contributed by atoms with E-state index in [-0.39, 0.29) is 10.8 Å². The van der Waals surface area contributed by atoms with Crippen LogP contribution in [0.15, 0.2) is 47.4 Å². The number of amides is 1. The predicted molar refractivity (Wildman–Crippen MR) is 120 cm³/mol. The molecule has 0 fully saturated rings. The molecule has 0 heterocycles. The number of aryl methyl sites for hydroxylation is 1. The lowest BCUT2D eigenvalue weighted by Crippen LogP contribution is -2.38. The van der Waals surface area contributed by atoms with Crippen LogP contribution < -0.4 is 14.8 Å². The number of likely N-dealkylation sites (N-methyl/N-ethyl adjacent to an activating group) is 1. The topological polar surface area (TPSA) is 87.7 Å². The van der Waals surface area contributed by atoms with Crippen molar-refractivity contribution in [2.45, 2.75) is 38.6 Å². The minimum Gasteiger partial charge on any atom is -0.497 e. The summed E-state index contributed by atoms with van der Waals surface area (Å²) in [5.41, 5.74) is 1.48. The quantitative estimate of drug-likeness (QED) is 0.600. The summed E-state index contributed by atoms with van der Waals surface area (Å²) in [5.74, 6) is 0.347. The number of sulfonamides is 1. The van der Waals surface area contributed by atoms with Crippen LogP contribution in [0.2, 0.25) is 0 Å². The molecule has 0 unspecified atom stereocenters. The minimum atomic E-state index is -3.83. The molecule has 1 amide bonds. The summed E-state index contributed by atoms with van der Waals surface area (Å²) in [6.45, 7) is 10.2. The Kier molecular flexibility index (Phi) is 8.25. The Labute approximate surface area is 179 Å². The van der Waals surface area contributed by atoms with Gasteiger partial charge in [0.2, 0.25) is 0 Å². The van der Waals surface area contributed by atoms with Crippen molar-refractivity contribution in [2.24, 2.45) is 0 Å². The van der Waals surface area contributed by atoms with Gasteiger partial charge in [0, 0.05) is 30.4 Å². The fraction of sp³-hybridized carbons (Fsp3) is 0.409. The Morgan fingerprint density at radius 1 is 1.13 bits per heavy atom. The number of hydrogen-bond donors (Lipinski definition) is 2. The van der Waals surface area contributed by atoms with Gasteiger partial charge in [-0.15, -0.1) is 0 Å². The van der Waals surface area contributed by atoms with Gasteiger partial charge in [-0.3, -0.25) is 14.4 Å². The van der Waals surface area contributed by atoms with Crippen molar-refractivity contribution in [1.82, 2.24) is 10.2 Å². The molecule has 0 aliphatic rings. The lowest BCUT2D eigenvalue weighted by Gasteiger charge is -2.24. The maximum Gasteiger partial charge on any atom is 0.261 e. The van der Waals surface area contributed by atoms with Gasteiger partial charge in [-0.2, -0.15) is 0 Å². The summed E-state index contributed by atoms with van der Waals surface area (Å²) in [6, 6.07) is 11.5. The van der Waals surface area contributed by atoms with Crippen LogP contribution in [0.4, 0.5) is 5.69 Å². The zero-order valence-corrected chi connectivity index (χ0v) is 19.0.